The minimum Gasteiger partial charge on any atom is -0.398 e. The van der Waals surface area contributed by atoms with E-state index in [9.17, 15) is 13.0 Å². The number of hydrogen-bond acceptors (Lipinski definition) is 2. The van der Waals surface area contributed by atoms with E-state index in [-0.39, 0.29) is 10.6 Å². The molecule has 2 aromatic rings. The number of hydrogen-bond donors (Lipinski definition) is 1. The molecule has 2 N–H and O–H groups in total. The molecule has 0 amide bonds. The standard InChI is InChI=1S/C13H10BrF2NOS/c14-10-2-1-3-12(17)9(10)7-19(18)13-5-4-8(15)6-11(13)16/h1-6H,7,17H2. The molecule has 2 aromatic carbocycles. The Labute approximate surface area is 120 Å². The molecule has 0 heterocycles. The van der Waals surface area contributed by atoms with Crippen LogP contribution >= 0.6 is 15.9 Å². The quantitative estimate of drug-likeness (QED) is 0.863. The van der Waals surface area contributed by atoms with E-state index in [0.717, 1.165) is 12.1 Å². The molecule has 1 unspecified atom stereocenters. The number of anilines is 1. The summed E-state index contributed by atoms with van der Waals surface area (Å²) in [4.78, 5) is -0.0310. The van der Waals surface area contributed by atoms with Crippen molar-refractivity contribution < 1.29 is 13.0 Å². The van der Waals surface area contributed by atoms with Gasteiger partial charge in [0.1, 0.15) is 11.6 Å². The van der Waals surface area contributed by atoms with E-state index in [4.69, 9.17) is 5.73 Å². The Morgan fingerprint density at radius 3 is 2.58 bits per heavy atom. The molecule has 0 fully saturated rings. The van der Waals surface area contributed by atoms with Crippen LogP contribution in [0, 0.1) is 11.6 Å². The first-order valence-corrected chi connectivity index (χ1v) is 7.46. The Morgan fingerprint density at radius 1 is 1.21 bits per heavy atom. The molecule has 0 aliphatic carbocycles. The summed E-state index contributed by atoms with van der Waals surface area (Å²) in [6, 6.07) is 8.19. The van der Waals surface area contributed by atoms with Crippen molar-refractivity contribution in [2.75, 3.05) is 5.73 Å². The van der Waals surface area contributed by atoms with Crippen molar-refractivity contribution in [2.24, 2.45) is 0 Å². The molecule has 0 spiro atoms. The highest BCUT2D eigenvalue weighted by Gasteiger charge is 2.14. The molecule has 1 atom stereocenters. The van der Waals surface area contributed by atoms with Crippen molar-refractivity contribution in [2.45, 2.75) is 10.6 Å². The Hall–Kier alpha value is -1.27. The van der Waals surface area contributed by atoms with Crippen LogP contribution in [-0.2, 0) is 16.6 Å². The minimum atomic E-state index is -1.63. The maximum absolute atomic E-state index is 13.5. The maximum Gasteiger partial charge on any atom is 0.142 e. The van der Waals surface area contributed by atoms with E-state index >= 15 is 0 Å². The molecule has 0 saturated carbocycles. The number of nitrogens with two attached hydrogens (primary N) is 1. The molecule has 2 rings (SSSR count). The van der Waals surface area contributed by atoms with Gasteiger partial charge < -0.3 is 5.73 Å². The third kappa shape index (κ3) is 3.19. The van der Waals surface area contributed by atoms with Crippen molar-refractivity contribution in [3.05, 3.63) is 58.1 Å². The summed E-state index contributed by atoms with van der Waals surface area (Å²) in [6.07, 6.45) is 0. The van der Waals surface area contributed by atoms with Gasteiger partial charge in [-0.25, -0.2) is 8.78 Å². The minimum absolute atomic E-state index is 0.0310. The third-order valence-corrected chi connectivity index (χ3v) is 4.69. The van der Waals surface area contributed by atoms with E-state index in [1.165, 1.54) is 6.07 Å². The molecule has 19 heavy (non-hydrogen) atoms. The van der Waals surface area contributed by atoms with Gasteiger partial charge in [0.15, 0.2) is 0 Å². The smallest absolute Gasteiger partial charge is 0.142 e. The van der Waals surface area contributed by atoms with Gasteiger partial charge in [-0.2, -0.15) is 0 Å². The van der Waals surface area contributed by atoms with Gasteiger partial charge >= 0.3 is 0 Å². The Balaban J connectivity index is 2.31. The molecule has 100 valence electrons. The third-order valence-electron chi connectivity index (χ3n) is 2.57. The Morgan fingerprint density at radius 2 is 1.95 bits per heavy atom. The lowest BCUT2D eigenvalue weighted by molar-refractivity contribution is 0.562. The van der Waals surface area contributed by atoms with Gasteiger partial charge in [0.05, 0.1) is 21.4 Å². The molecule has 0 saturated heterocycles. The summed E-state index contributed by atoms with van der Waals surface area (Å²) < 4.78 is 39.2. The van der Waals surface area contributed by atoms with E-state index in [2.05, 4.69) is 15.9 Å². The first-order valence-electron chi connectivity index (χ1n) is 5.35. The van der Waals surface area contributed by atoms with Gasteiger partial charge in [-0.15, -0.1) is 0 Å². The molecule has 0 aliphatic rings. The topological polar surface area (TPSA) is 43.1 Å². The second-order valence-corrected chi connectivity index (χ2v) is 6.15. The lowest BCUT2D eigenvalue weighted by Gasteiger charge is -2.08. The molecule has 0 aliphatic heterocycles. The van der Waals surface area contributed by atoms with E-state index in [1.54, 1.807) is 18.2 Å². The van der Waals surface area contributed by atoms with E-state index < -0.39 is 22.4 Å². The predicted octanol–water partition coefficient (Wildman–Crippen LogP) is 3.62. The first-order chi connectivity index (χ1) is 8.99. The number of nitrogen functional groups attached to an aromatic ring is 1. The van der Waals surface area contributed by atoms with Crippen LogP contribution in [0.2, 0.25) is 0 Å². The summed E-state index contributed by atoms with van der Waals surface area (Å²) in [5.41, 5.74) is 6.91. The van der Waals surface area contributed by atoms with Crippen LogP contribution < -0.4 is 5.73 Å². The summed E-state index contributed by atoms with van der Waals surface area (Å²) in [7, 11) is -1.63. The zero-order chi connectivity index (χ0) is 14.0. The predicted molar refractivity (Wildman–Crippen MR) is 75.0 cm³/mol. The summed E-state index contributed by atoms with van der Waals surface area (Å²) in [6.45, 7) is 0. The Kier molecular flexibility index (Phi) is 4.31. The molecule has 0 bridgehead atoms. The van der Waals surface area contributed by atoms with Crippen LogP contribution in [0.4, 0.5) is 14.5 Å². The van der Waals surface area contributed by atoms with Crippen LogP contribution in [0.5, 0.6) is 0 Å². The van der Waals surface area contributed by atoms with E-state index in [1.807, 2.05) is 0 Å². The second-order valence-electron chi connectivity index (χ2n) is 3.87. The largest absolute Gasteiger partial charge is 0.398 e. The van der Waals surface area contributed by atoms with Crippen molar-refractivity contribution in [3.63, 3.8) is 0 Å². The highest BCUT2D eigenvalue weighted by Crippen LogP contribution is 2.26. The average Bonchev–Trinajstić information content (AvgIpc) is 2.33. The first kappa shape index (κ1) is 14.1. The lowest BCUT2D eigenvalue weighted by atomic mass is 10.2. The molecule has 0 radical (unpaired) electrons. The molecule has 6 heteroatoms. The van der Waals surface area contributed by atoms with Crippen LogP contribution in [0.3, 0.4) is 0 Å². The van der Waals surface area contributed by atoms with Crippen molar-refractivity contribution in [3.8, 4) is 0 Å². The van der Waals surface area contributed by atoms with Crippen LogP contribution in [0.25, 0.3) is 0 Å². The monoisotopic (exact) mass is 345 g/mol. The average molecular weight is 346 g/mol. The summed E-state index contributed by atoms with van der Waals surface area (Å²) >= 11 is 3.31. The van der Waals surface area contributed by atoms with Crippen LogP contribution in [-0.4, -0.2) is 4.21 Å². The fraction of sp³-hybridized carbons (Fsp3) is 0.0769. The van der Waals surface area contributed by atoms with Gasteiger partial charge in [-0.3, -0.25) is 4.21 Å². The van der Waals surface area contributed by atoms with Crippen LogP contribution in [0.1, 0.15) is 5.56 Å². The van der Waals surface area contributed by atoms with Gasteiger partial charge in [0.2, 0.25) is 0 Å². The molecular formula is C13H10BrF2NOS. The SMILES string of the molecule is Nc1cccc(Br)c1CS(=O)c1ccc(F)cc1F. The van der Waals surface area contributed by atoms with Gasteiger partial charge in [-0.1, -0.05) is 22.0 Å². The highest BCUT2D eigenvalue weighted by molar-refractivity contribution is 9.10. The van der Waals surface area contributed by atoms with Crippen LogP contribution in [0.15, 0.2) is 45.8 Å². The molecule has 2 nitrogen and oxygen atoms in total. The lowest BCUT2D eigenvalue weighted by Crippen LogP contribution is -2.03. The molecule has 0 aromatic heterocycles. The Bertz CT molecular complexity index is 628. The second kappa shape index (κ2) is 5.79. The zero-order valence-electron chi connectivity index (χ0n) is 9.70. The van der Waals surface area contributed by atoms with E-state index in [0.29, 0.717) is 15.7 Å². The van der Waals surface area contributed by atoms with Crippen molar-refractivity contribution in [1.29, 1.82) is 0 Å². The summed E-state index contributed by atoms with van der Waals surface area (Å²) in [5.74, 6) is -1.45. The van der Waals surface area contributed by atoms with Gasteiger partial charge in [0, 0.05) is 21.8 Å². The number of benzene rings is 2. The van der Waals surface area contributed by atoms with Crippen molar-refractivity contribution >= 4 is 32.4 Å². The number of halogens is 3. The summed E-state index contributed by atoms with van der Waals surface area (Å²) in [5, 5.41) is 0. The zero-order valence-corrected chi connectivity index (χ0v) is 12.1. The molecular weight excluding hydrogens is 336 g/mol. The maximum atomic E-state index is 13.5. The fourth-order valence-electron chi connectivity index (χ4n) is 1.60. The number of rotatable bonds is 3. The fourth-order valence-corrected chi connectivity index (χ4v) is 3.54. The van der Waals surface area contributed by atoms with Gasteiger partial charge in [0.25, 0.3) is 0 Å². The highest BCUT2D eigenvalue weighted by atomic mass is 79.9. The normalized spacial score (nSPS) is 12.4. The van der Waals surface area contributed by atoms with Crippen molar-refractivity contribution in [1.82, 2.24) is 0 Å². The van der Waals surface area contributed by atoms with Gasteiger partial charge in [-0.05, 0) is 24.3 Å².